The number of aryl methyl sites for hydroxylation is 2. The largest absolute Gasteiger partial charge is 0.319 e. The molecule has 0 saturated heterocycles. The van der Waals surface area contributed by atoms with Crippen molar-refractivity contribution >= 4 is 11.6 Å². The van der Waals surface area contributed by atoms with Crippen LogP contribution in [-0.2, 0) is 6.42 Å². The summed E-state index contributed by atoms with van der Waals surface area (Å²) in [7, 11) is 0. The van der Waals surface area contributed by atoms with E-state index in [1.807, 2.05) is 92.7 Å². The fourth-order valence-electron chi connectivity index (χ4n) is 3.05. The van der Waals surface area contributed by atoms with E-state index < -0.39 is 0 Å². The van der Waals surface area contributed by atoms with Gasteiger partial charge in [0.2, 0.25) is 5.82 Å². The molecule has 5 nitrogen and oxygen atoms in total. The molecule has 0 aliphatic heterocycles. The van der Waals surface area contributed by atoms with E-state index in [0.29, 0.717) is 12.2 Å². The number of carbonyl (C=O) groups is 1. The van der Waals surface area contributed by atoms with Gasteiger partial charge in [-0.05, 0) is 43.7 Å². The van der Waals surface area contributed by atoms with Crippen LogP contribution in [0.15, 0.2) is 78.9 Å². The first-order valence-corrected chi connectivity index (χ1v) is 9.53. The number of nitrogens with zero attached hydrogens (tertiary/aromatic N) is 3. The van der Waals surface area contributed by atoms with E-state index in [-0.39, 0.29) is 11.7 Å². The van der Waals surface area contributed by atoms with Crippen LogP contribution in [0.4, 0.5) is 5.69 Å². The van der Waals surface area contributed by atoms with Crippen LogP contribution in [0.3, 0.4) is 0 Å². The Labute approximate surface area is 170 Å². The van der Waals surface area contributed by atoms with Gasteiger partial charge in [-0.3, -0.25) is 4.79 Å². The summed E-state index contributed by atoms with van der Waals surface area (Å²) in [6, 6.07) is 25.7. The summed E-state index contributed by atoms with van der Waals surface area (Å²) >= 11 is 0. The molecule has 1 aromatic heterocycles. The number of rotatable bonds is 5. The smallest absolute Gasteiger partial charge is 0.295 e. The summed E-state index contributed by atoms with van der Waals surface area (Å²) < 4.78 is 1.75. The lowest BCUT2D eigenvalue weighted by Crippen LogP contribution is -2.14. The molecule has 1 amide bonds. The molecule has 0 fully saturated rings. The second-order valence-electron chi connectivity index (χ2n) is 7.08. The van der Waals surface area contributed by atoms with Crippen molar-refractivity contribution in [1.82, 2.24) is 14.8 Å². The van der Waals surface area contributed by atoms with Crippen molar-refractivity contribution in [2.24, 2.45) is 0 Å². The first-order chi connectivity index (χ1) is 14.1. The maximum absolute atomic E-state index is 12.8. The number of nitrogens with one attached hydrogen (secondary N) is 1. The maximum Gasteiger partial charge on any atom is 0.295 e. The fourth-order valence-corrected chi connectivity index (χ4v) is 3.05. The summed E-state index contributed by atoms with van der Waals surface area (Å²) in [4.78, 5) is 17.3. The standard InChI is InChI=1S/C24H22N4O/c1-17-8-12-20(13-9-17)25-24(29)23-26-22(16-19-6-4-3-5-7-19)28(27-23)21-14-10-18(2)11-15-21/h3-15H,16H2,1-2H3,(H,25,29). The fraction of sp³-hybridized carbons (Fsp3) is 0.125. The number of carbonyl (C=O) groups excluding carboxylic acids is 1. The Hall–Kier alpha value is -3.73. The summed E-state index contributed by atoms with van der Waals surface area (Å²) in [6.07, 6.45) is 0.583. The van der Waals surface area contributed by atoms with E-state index in [2.05, 4.69) is 15.4 Å². The third-order valence-corrected chi connectivity index (χ3v) is 4.67. The molecular formula is C24H22N4O. The maximum atomic E-state index is 12.8. The van der Waals surface area contributed by atoms with Gasteiger partial charge in [0, 0.05) is 12.1 Å². The lowest BCUT2D eigenvalue weighted by atomic mass is 10.1. The summed E-state index contributed by atoms with van der Waals surface area (Å²) in [5.74, 6) is 0.542. The second-order valence-corrected chi connectivity index (χ2v) is 7.08. The molecule has 5 heteroatoms. The zero-order chi connectivity index (χ0) is 20.2. The molecule has 0 spiro atoms. The number of aromatic nitrogens is 3. The molecule has 0 saturated carbocycles. The highest BCUT2D eigenvalue weighted by Crippen LogP contribution is 2.16. The number of amides is 1. The van der Waals surface area contributed by atoms with Crippen LogP contribution in [0.1, 0.15) is 33.1 Å². The van der Waals surface area contributed by atoms with Gasteiger partial charge < -0.3 is 5.32 Å². The Balaban J connectivity index is 1.67. The van der Waals surface area contributed by atoms with Crippen LogP contribution in [0.5, 0.6) is 0 Å². The van der Waals surface area contributed by atoms with Gasteiger partial charge in [0.15, 0.2) is 0 Å². The molecule has 0 unspecified atom stereocenters. The average molecular weight is 382 g/mol. The molecule has 0 radical (unpaired) electrons. The highest BCUT2D eigenvalue weighted by atomic mass is 16.2. The van der Waals surface area contributed by atoms with E-state index >= 15 is 0 Å². The second kappa shape index (κ2) is 8.10. The molecule has 144 valence electrons. The average Bonchev–Trinajstić information content (AvgIpc) is 3.15. The van der Waals surface area contributed by atoms with Gasteiger partial charge in [0.05, 0.1) is 5.69 Å². The monoisotopic (exact) mass is 382 g/mol. The highest BCUT2D eigenvalue weighted by molar-refractivity contribution is 6.01. The zero-order valence-corrected chi connectivity index (χ0v) is 16.5. The van der Waals surface area contributed by atoms with E-state index in [1.165, 1.54) is 0 Å². The van der Waals surface area contributed by atoms with Crippen molar-refractivity contribution in [2.45, 2.75) is 20.3 Å². The number of hydrogen-bond acceptors (Lipinski definition) is 3. The Bertz CT molecular complexity index is 1110. The van der Waals surface area contributed by atoms with Gasteiger partial charge in [-0.2, -0.15) is 0 Å². The van der Waals surface area contributed by atoms with Crippen LogP contribution in [0.25, 0.3) is 5.69 Å². The Morgan fingerprint density at radius 2 is 1.48 bits per heavy atom. The van der Waals surface area contributed by atoms with Crippen LogP contribution in [-0.4, -0.2) is 20.7 Å². The highest BCUT2D eigenvalue weighted by Gasteiger charge is 2.18. The third-order valence-electron chi connectivity index (χ3n) is 4.67. The molecule has 0 atom stereocenters. The first kappa shape index (κ1) is 18.6. The quantitative estimate of drug-likeness (QED) is 0.543. The van der Waals surface area contributed by atoms with Gasteiger partial charge >= 0.3 is 0 Å². The van der Waals surface area contributed by atoms with E-state index in [1.54, 1.807) is 4.68 Å². The molecule has 0 aliphatic carbocycles. The Morgan fingerprint density at radius 3 is 2.14 bits per heavy atom. The van der Waals surface area contributed by atoms with Gasteiger partial charge in [0.1, 0.15) is 5.82 Å². The number of benzene rings is 3. The predicted molar refractivity (Wildman–Crippen MR) is 114 cm³/mol. The van der Waals surface area contributed by atoms with E-state index in [4.69, 9.17) is 0 Å². The first-order valence-electron chi connectivity index (χ1n) is 9.53. The van der Waals surface area contributed by atoms with Crippen LogP contribution < -0.4 is 5.32 Å². The summed E-state index contributed by atoms with van der Waals surface area (Å²) in [5, 5.41) is 7.39. The minimum atomic E-state index is -0.325. The van der Waals surface area contributed by atoms with Crippen LogP contribution >= 0.6 is 0 Å². The number of hydrogen-bond donors (Lipinski definition) is 1. The van der Waals surface area contributed by atoms with Crippen LogP contribution in [0, 0.1) is 13.8 Å². The van der Waals surface area contributed by atoms with Gasteiger partial charge in [0.25, 0.3) is 5.91 Å². The molecule has 3 aromatic carbocycles. The lowest BCUT2D eigenvalue weighted by Gasteiger charge is -2.06. The van der Waals surface area contributed by atoms with Crippen molar-refractivity contribution in [2.75, 3.05) is 5.32 Å². The topological polar surface area (TPSA) is 59.8 Å². The van der Waals surface area contributed by atoms with Crippen molar-refractivity contribution < 1.29 is 4.79 Å². The molecule has 0 bridgehead atoms. The van der Waals surface area contributed by atoms with Gasteiger partial charge in [-0.1, -0.05) is 65.7 Å². The van der Waals surface area contributed by atoms with Crippen molar-refractivity contribution in [3.05, 3.63) is 107 Å². The van der Waals surface area contributed by atoms with Crippen molar-refractivity contribution in [3.8, 4) is 5.69 Å². The normalized spacial score (nSPS) is 10.7. The summed E-state index contributed by atoms with van der Waals surface area (Å²) in [5.41, 5.74) is 5.00. The van der Waals surface area contributed by atoms with Crippen molar-refractivity contribution in [1.29, 1.82) is 0 Å². The molecule has 0 aliphatic rings. The molecular weight excluding hydrogens is 360 g/mol. The summed E-state index contributed by atoms with van der Waals surface area (Å²) in [6.45, 7) is 4.04. The van der Waals surface area contributed by atoms with Crippen LogP contribution in [0.2, 0.25) is 0 Å². The van der Waals surface area contributed by atoms with Crippen molar-refractivity contribution in [3.63, 3.8) is 0 Å². The molecule has 29 heavy (non-hydrogen) atoms. The molecule has 1 N–H and O–H groups in total. The minimum absolute atomic E-state index is 0.150. The van der Waals surface area contributed by atoms with Gasteiger partial charge in [-0.25, -0.2) is 9.67 Å². The molecule has 4 rings (SSSR count). The molecule has 1 heterocycles. The number of anilines is 1. The SMILES string of the molecule is Cc1ccc(NC(=O)c2nc(Cc3ccccc3)n(-c3ccc(C)cc3)n2)cc1. The Morgan fingerprint density at radius 1 is 0.862 bits per heavy atom. The van der Waals surface area contributed by atoms with E-state index in [9.17, 15) is 4.79 Å². The Kier molecular flexibility index (Phi) is 5.20. The van der Waals surface area contributed by atoms with E-state index in [0.717, 1.165) is 28.1 Å². The molecule has 4 aromatic rings. The minimum Gasteiger partial charge on any atom is -0.319 e. The zero-order valence-electron chi connectivity index (χ0n) is 16.5. The predicted octanol–water partition coefficient (Wildman–Crippen LogP) is 4.73. The third kappa shape index (κ3) is 4.41. The lowest BCUT2D eigenvalue weighted by molar-refractivity contribution is 0.101. The van der Waals surface area contributed by atoms with Gasteiger partial charge in [-0.15, -0.1) is 5.10 Å².